The van der Waals surface area contributed by atoms with E-state index < -0.39 is 10.3 Å². The molecule has 0 heterocycles. The van der Waals surface area contributed by atoms with Crippen molar-refractivity contribution < 1.29 is 13.0 Å². The lowest BCUT2D eigenvalue weighted by atomic mass is 9.90. The molecule has 22 heavy (non-hydrogen) atoms. The number of rotatable bonds is 8. The van der Waals surface area contributed by atoms with Gasteiger partial charge in [-0.3, -0.25) is 4.55 Å². The van der Waals surface area contributed by atoms with Crippen LogP contribution in [0.5, 0.6) is 0 Å². The van der Waals surface area contributed by atoms with Crippen LogP contribution >= 0.6 is 0 Å². The first-order valence-electron chi connectivity index (χ1n) is 7.33. The fraction of sp³-hybridized carbons (Fsp3) is 0.294. The van der Waals surface area contributed by atoms with Gasteiger partial charge in [0.1, 0.15) is 0 Å². The average molecular weight is 319 g/mol. The van der Waals surface area contributed by atoms with Gasteiger partial charge in [-0.05, 0) is 36.3 Å². The molecule has 0 spiro atoms. The van der Waals surface area contributed by atoms with E-state index in [4.69, 9.17) is 4.55 Å². The third-order valence-electron chi connectivity index (χ3n) is 3.57. The minimum atomic E-state index is -4.12. The second-order valence-electron chi connectivity index (χ2n) is 5.40. The van der Waals surface area contributed by atoms with Crippen molar-refractivity contribution in [3.05, 3.63) is 71.8 Å². The third-order valence-corrected chi connectivity index (χ3v) is 4.14. The van der Waals surface area contributed by atoms with Crippen molar-refractivity contribution >= 4 is 10.3 Å². The molecule has 0 aromatic heterocycles. The Labute approximate surface area is 132 Å². The summed E-state index contributed by atoms with van der Waals surface area (Å²) in [5.74, 6) is 0.305. The van der Waals surface area contributed by atoms with Gasteiger partial charge in [0, 0.05) is 6.54 Å². The Bertz CT molecular complexity index is 615. The number of benzene rings is 2. The zero-order valence-electron chi connectivity index (χ0n) is 12.4. The summed E-state index contributed by atoms with van der Waals surface area (Å²) in [6.45, 7) is 0.239. The van der Waals surface area contributed by atoms with Crippen LogP contribution in [0, 0.1) is 5.92 Å². The lowest BCUT2D eigenvalue weighted by molar-refractivity contribution is 0.445. The van der Waals surface area contributed by atoms with E-state index in [9.17, 15) is 8.42 Å². The summed E-state index contributed by atoms with van der Waals surface area (Å²) in [4.78, 5) is 0. The van der Waals surface area contributed by atoms with Gasteiger partial charge < -0.3 is 0 Å². The second-order valence-corrected chi connectivity index (χ2v) is 6.64. The minimum absolute atomic E-state index is 0.239. The minimum Gasteiger partial charge on any atom is -0.273 e. The normalized spacial score (nSPS) is 11.7. The maximum absolute atomic E-state index is 10.8. The SMILES string of the molecule is O=S(=O)(O)NCCC(Cc1ccccc1)Cc1ccccc1. The molecule has 4 nitrogen and oxygen atoms in total. The van der Waals surface area contributed by atoms with E-state index in [1.165, 1.54) is 11.1 Å². The summed E-state index contributed by atoms with van der Waals surface area (Å²) >= 11 is 0. The molecule has 5 heteroatoms. The van der Waals surface area contributed by atoms with Crippen molar-refractivity contribution in [2.45, 2.75) is 19.3 Å². The highest BCUT2D eigenvalue weighted by Crippen LogP contribution is 2.17. The van der Waals surface area contributed by atoms with Gasteiger partial charge >= 0.3 is 10.3 Å². The van der Waals surface area contributed by atoms with Crippen molar-refractivity contribution in [1.29, 1.82) is 0 Å². The molecule has 2 aromatic carbocycles. The molecule has 0 atom stereocenters. The molecule has 0 unspecified atom stereocenters. The molecule has 0 aliphatic carbocycles. The summed E-state index contributed by atoms with van der Waals surface area (Å²) in [5, 5.41) is 0. The van der Waals surface area contributed by atoms with Gasteiger partial charge in [0.25, 0.3) is 0 Å². The Kier molecular flexibility index (Phi) is 6.12. The van der Waals surface area contributed by atoms with E-state index in [2.05, 4.69) is 29.0 Å². The van der Waals surface area contributed by atoms with Crippen LogP contribution in [0.3, 0.4) is 0 Å². The summed E-state index contributed by atoms with van der Waals surface area (Å²) < 4.78 is 32.5. The van der Waals surface area contributed by atoms with Crippen molar-refractivity contribution in [2.24, 2.45) is 5.92 Å². The predicted molar refractivity (Wildman–Crippen MR) is 88.0 cm³/mol. The summed E-state index contributed by atoms with van der Waals surface area (Å²) in [6.07, 6.45) is 2.43. The van der Waals surface area contributed by atoms with E-state index in [-0.39, 0.29) is 6.54 Å². The zero-order valence-corrected chi connectivity index (χ0v) is 13.2. The van der Waals surface area contributed by atoms with Crippen molar-refractivity contribution in [3.63, 3.8) is 0 Å². The van der Waals surface area contributed by atoms with Gasteiger partial charge in [0.2, 0.25) is 0 Å². The van der Waals surface area contributed by atoms with E-state index >= 15 is 0 Å². The van der Waals surface area contributed by atoms with E-state index in [1.54, 1.807) is 0 Å². The van der Waals surface area contributed by atoms with Gasteiger partial charge in [0.15, 0.2) is 0 Å². The van der Waals surface area contributed by atoms with Crippen LogP contribution in [0.1, 0.15) is 17.5 Å². The number of nitrogens with one attached hydrogen (secondary N) is 1. The molecule has 2 N–H and O–H groups in total. The zero-order chi connectivity index (χ0) is 15.8. The van der Waals surface area contributed by atoms with E-state index in [0.29, 0.717) is 12.3 Å². The fourth-order valence-corrected chi connectivity index (χ4v) is 2.94. The van der Waals surface area contributed by atoms with Crippen LogP contribution in [-0.4, -0.2) is 19.5 Å². The Balaban J connectivity index is 2.00. The summed E-state index contributed by atoms with van der Waals surface area (Å²) in [5.41, 5.74) is 2.46. The third kappa shape index (κ3) is 6.39. The van der Waals surface area contributed by atoms with Crippen LogP contribution in [0.4, 0.5) is 0 Å². The largest absolute Gasteiger partial charge is 0.333 e. The van der Waals surface area contributed by atoms with E-state index in [0.717, 1.165) is 12.8 Å². The van der Waals surface area contributed by atoms with Crippen LogP contribution in [0.25, 0.3) is 0 Å². The van der Waals surface area contributed by atoms with Gasteiger partial charge in [-0.15, -0.1) is 0 Å². The van der Waals surface area contributed by atoms with Crippen LogP contribution in [0.2, 0.25) is 0 Å². The second kappa shape index (κ2) is 8.08. The number of hydrogen-bond donors (Lipinski definition) is 2. The van der Waals surface area contributed by atoms with Crippen molar-refractivity contribution in [1.82, 2.24) is 4.72 Å². The lowest BCUT2D eigenvalue weighted by Gasteiger charge is -2.17. The molecular formula is C17H21NO3S. The summed E-state index contributed by atoms with van der Waals surface area (Å²) in [6, 6.07) is 20.3. The maximum Gasteiger partial charge on any atom is 0.333 e. The topological polar surface area (TPSA) is 66.4 Å². The molecule has 0 fully saturated rings. The van der Waals surface area contributed by atoms with E-state index in [1.807, 2.05) is 36.4 Å². The smallest absolute Gasteiger partial charge is 0.273 e. The standard InChI is InChI=1S/C17H21NO3S/c19-22(20,21)18-12-11-17(13-15-7-3-1-4-8-15)14-16-9-5-2-6-10-16/h1-10,17-18H,11-14H2,(H,19,20,21). The highest BCUT2D eigenvalue weighted by Gasteiger charge is 2.12. The first-order chi connectivity index (χ1) is 10.5. The Morgan fingerprint density at radius 1 is 0.864 bits per heavy atom. The van der Waals surface area contributed by atoms with Gasteiger partial charge in [0.05, 0.1) is 0 Å². The Hall–Kier alpha value is -1.69. The van der Waals surface area contributed by atoms with Gasteiger partial charge in [-0.2, -0.15) is 13.1 Å². The molecule has 0 saturated heterocycles. The Morgan fingerprint density at radius 2 is 1.32 bits per heavy atom. The summed E-state index contributed by atoms with van der Waals surface area (Å²) in [7, 11) is -4.12. The molecule has 0 bridgehead atoms. The average Bonchev–Trinajstić information content (AvgIpc) is 2.48. The van der Waals surface area contributed by atoms with Crippen LogP contribution < -0.4 is 4.72 Å². The first-order valence-corrected chi connectivity index (χ1v) is 8.77. The van der Waals surface area contributed by atoms with Crippen molar-refractivity contribution in [2.75, 3.05) is 6.54 Å². The van der Waals surface area contributed by atoms with Crippen LogP contribution in [0.15, 0.2) is 60.7 Å². The molecule has 118 valence electrons. The number of hydrogen-bond acceptors (Lipinski definition) is 2. The molecule has 0 amide bonds. The predicted octanol–water partition coefficient (Wildman–Crippen LogP) is 2.87. The van der Waals surface area contributed by atoms with Gasteiger partial charge in [-0.1, -0.05) is 60.7 Å². The van der Waals surface area contributed by atoms with Crippen LogP contribution in [-0.2, 0) is 23.1 Å². The highest BCUT2D eigenvalue weighted by atomic mass is 32.2. The lowest BCUT2D eigenvalue weighted by Crippen LogP contribution is -2.26. The molecule has 2 aromatic rings. The fourth-order valence-electron chi connectivity index (χ4n) is 2.56. The molecule has 0 aliphatic heterocycles. The monoisotopic (exact) mass is 319 g/mol. The van der Waals surface area contributed by atoms with Gasteiger partial charge in [-0.25, -0.2) is 0 Å². The first kappa shape index (κ1) is 16.7. The Morgan fingerprint density at radius 3 is 1.73 bits per heavy atom. The molecule has 0 radical (unpaired) electrons. The quantitative estimate of drug-likeness (QED) is 0.735. The molecule has 0 saturated carbocycles. The van der Waals surface area contributed by atoms with Crippen molar-refractivity contribution in [3.8, 4) is 0 Å². The molecular weight excluding hydrogens is 298 g/mol. The molecule has 0 aliphatic rings. The molecule has 2 rings (SSSR count). The highest BCUT2D eigenvalue weighted by molar-refractivity contribution is 7.83. The maximum atomic E-state index is 10.8.